The van der Waals surface area contributed by atoms with Gasteiger partial charge in [0, 0.05) is 70.8 Å². The number of anilines is 3. The molecule has 5 heterocycles. The Morgan fingerprint density at radius 3 is 1.36 bits per heavy atom. The van der Waals surface area contributed by atoms with E-state index in [4.69, 9.17) is 9.97 Å². The summed E-state index contributed by atoms with van der Waals surface area (Å²) in [6, 6.07) is 55.6. The summed E-state index contributed by atoms with van der Waals surface area (Å²) in [5, 5.41) is 2.34. The molecular formula is C47H32N6. The molecule has 5 aromatic carbocycles. The molecule has 0 bridgehead atoms. The first kappa shape index (κ1) is 30.5. The maximum absolute atomic E-state index is 4.84. The van der Waals surface area contributed by atoms with E-state index in [0.717, 1.165) is 61.8 Å². The van der Waals surface area contributed by atoms with Crippen molar-refractivity contribution in [3.63, 3.8) is 0 Å². The third-order valence-corrected chi connectivity index (χ3v) is 9.89. The van der Waals surface area contributed by atoms with Gasteiger partial charge in [0.15, 0.2) is 0 Å². The molecule has 6 heteroatoms. The van der Waals surface area contributed by atoms with Crippen LogP contribution in [0.1, 0.15) is 0 Å². The minimum Gasteiger partial charge on any atom is -0.311 e. The molecule has 5 aromatic heterocycles. The van der Waals surface area contributed by atoms with Crippen LogP contribution in [0.3, 0.4) is 0 Å². The van der Waals surface area contributed by atoms with E-state index in [1.54, 1.807) is 0 Å². The van der Waals surface area contributed by atoms with E-state index >= 15 is 0 Å². The maximum Gasteiger partial charge on any atom is 0.137 e. The average Bonchev–Trinajstić information content (AvgIpc) is 3.87. The van der Waals surface area contributed by atoms with E-state index in [9.17, 15) is 0 Å². The fourth-order valence-corrected chi connectivity index (χ4v) is 7.08. The van der Waals surface area contributed by atoms with Crippen molar-refractivity contribution >= 4 is 39.1 Å². The summed E-state index contributed by atoms with van der Waals surface area (Å²) in [7, 11) is 0. The van der Waals surface area contributed by atoms with Crippen molar-refractivity contribution in [3.05, 3.63) is 195 Å². The predicted molar refractivity (Wildman–Crippen MR) is 216 cm³/mol. The van der Waals surface area contributed by atoms with Crippen molar-refractivity contribution < 1.29 is 0 Å². The molecule has 0 saturated carbocycles. The van der Waals surface area contributed by atoms with Gasteiger partial charge >= 0.3 is 0 Å². The lowest BCUT2D eigenvalue weighted by Gasteiger charge is -2.26. The summed E-state index contributed by atoms with van der Waals surface area (Å²) in [6.07, 6.45) is 12.0. The third kappa shape index (κ3) is 5.78. The van der Waals surface area contributed by atoms with Crippen molar-refractivity contribution in [1.29, 1.82) is 0 Å². The Hall–Kier alpha value is -7.31. The number of hydrogen-bond donors (Lipinski definition) is 0. The quantitative estimate of drug-likeness (QED) is 0.168. The molecule has 0 aliphatic heterocycles. The first-order valence-corrected chi connectivity index (χ1v) is 17.7. The molecule has 6 nitrogen and oxygen atoms in total. The van der Waals surface area contributed by atoms with Gasteiger partial charge < -0.3 is 13.7 Å². The number of hydrogen-bond acceptors (Lipinski definition) is 4. The van der Waals surface area contributed by atoms with E-state index in [0.29, 0.717) is 0 Å². The highest BCUT2D eigenvalue weighted by atomic mass is 15.1. The van der Waals surface area contributed by atoms with E-state index in [2.05, 4.69) is 146 Å². The molecule has 0 N–H and O–H groups in total. The smallest absolute Gasteiger partial charge is 0.137 e. The van der Waals surface area contributed by atoms with Gasteiger partial charge in [0.1, 0.15) is 11.3 Å². The molecule has 53 heavy (non-hydrogen) atoms. The van der Waals surface area contributed by atoms with Gasteiger partial charge in [-0.1, -0.05) is 84.9 Å². The molecule has 0 aliphatic rings. The number of pyridine rings is 3. The minimum atomic E-state index is 0.930. The Morgan fingerprint density at radius 1 is 0.396 bits per heavy atom. The van der Waals surface area contributed by atoms with Gasteiger partial charge in [-0.15, -0.1) is 0 Å². The topological polar surface area (TPSA) is 50.7 Å². The standard InChI is InChI=1S/C47H32N6/c1-3-27-51-31-44(49-46(51)5-1)37-15-21-42(22-16-37)53(43-23-17-38(18-24-43)45-32-52-28-4-2-6-47(52)50-45)41-19-13-34(14-20-41)33-7-9-35(10-8-33)39-12-11-36-25-26-48-30-40(36)29-39/h1-32H. The first-order valence-electron chi connectivity index (χ1n) is 17.7. The summed E-state index contributed by atoms with van der Waals surface area (Å²) in [5.74, 6) is 0. The van der Waals surface area contributed by atoms with Crippen molar-refractivity contribution in [1.82, 2.24) is 23.8 Å². The molecule has 0 fully saturated rings. The highest BCUT2D eigenvalue weighted by Crippen LogP contribution is 2.38. The van der Waals surface area contributed by atoms with Gasteiger partial charge in [0.25, 0.3) is 0 Å². The Kier molecular flexibility index (Phi) is 7.36. The summed E-state index contributed by atoms with van der Waals surface area (Å²) in [4.78, 5) is 16.3. The Labute approximate surface area is 306 Å². The van der Waals surface area contributed by atoms with Crippen molar-refractivity contribution in [2.75, 3.05) is 4.90 Å². The minimum absolute atomic E-state index is 0.930. The van der Waals surface area contributed by atoms with Gasteiger partial charge in [-0.3, -0.25) is 4.98 Å². The summed E-state index contributed by atoms with van der Waals surface area (Å²) < 4.78 is 4.10. The number of benzene rings is 5. The lowest BCUT2D eigenvalue weighted by atomic mass is 9.98. The lowest BCUT2D eigenvalue weighted by molar-refractivity contribution is 1.19. The van der Waals surface area contributed by atoms with Gasteiger partial charge in [0.2, 0.25) is 0 Å². The molecule has 0 spiro atoms. The molecule has 10 aromatic rings. The molecule has 0 aliphatic carbocycles. The lowest BCUT2D eigenvalue weighted by Crippen LogP contribution is -2.09. The first-order chi connectivity index (χ1) is 26.2. The Morgan fingerprint density at radius 2 is 0.849 bits per heavy atom. The van der Waals surface area contributed by atoms with Crippen LogP contribution in [0.2, 0.25) is 0 Å². The zero-order valence-corrected chi connectivity index (χ0v) is 28.7. The van der Waals surface area contributed by atoms with Crippen molar-refractivity contribution in [2.45, 2.75) is 0 Å². The number of nitrogens with zero attached hydrogens (tertiary/aromatic N) is 6. The zero-order valence-electron chi connectivity index (χ0n) is 28.7. The van der Waals surface area contributed by atoms with Gasteiger partial charge in [-0.25, -0.2) is 9.97 Å². The molecule has 0 saturated heterocycles. The summed E-state index contributed by atoms with van der Waals surface area (Å²) in [5.41, 5.74) is 13.8. The van der Waals surface area contributed by atoms with Crippen molar-refractivity contribution in [2.24, 2.45) is 0 Å². The summed E-state index contributed by atoms with van der Waals surface area (Å²) in [6.45, 7) is 0. The predicted octanol–water partition coefficient (Wildman–Crippen LogP) is 11.7. The molecule has 0 unspecified atom stereocenters. The zero-order chi connectivity index (χ0) is 35.1. The number of fused-ring (bicyclic) bond motifs is 3. The molecule has 250 valence electrons. The van der Waals surface area contributed by atoms with Crippen LogP contribution in [0, 0.1) is 0 Å². The van der Waals surface area contributed by atoms with Crippen LogP contribution >= 0.6 is 0 Å². The second kappa shape index (κ2) is 12.8. The average molecular weight is 681 g/mol. The van der Waals surface area contributed by atoms with Crippen LogP contribution in [-0.4, -0.2) is 23.8 Å². The van der Waals surface area contributed by atoms with E-state index < -0.39 is 0 Å². The molecule has 0 amide bonds. The Bertz CT molecular complexity index is 2680. The van der Waals surface area contributed by atoms with E-state index in [1.165, 1.54) is 22.1 Å². The second-order valence-electron chi connectivity index (χ2n) is 13.2. The number of rotatable bonds is 7. The van der Waals surface area contributed by atoms with Crippen LogP contribution in [0.25, 0.3) is 66.8 Å². The maximum atomic E-state index is 4.84. The molecule has 0 atom stereocenters. The Balaban J connectivity index is 0.975. The highest BCUT2D eigenvalue weighted by molar-refractivity contribution is 5.87. The molecular weight excluding hydrogens is 649 g/mol. The second-order valence-corrected chi connectivity index (χ2v) is 13.2. The highest BCUT2D eigenvalue weighted by Gasteiger charge is 2.15. The third-order valence-electron chi connectivity index (χ3n) is 9.89. The number of imidazole rings is 2. The molecule has 10 rings (SSSR count). The fourth-order valence-electron chi connectivity index (χ4n) is 7.08. The molecule has 0 radical (unpaired) electrons. The van der Waals surface area contributed by atoms with Crippen molar-refractivity contribution in [3.8, 4) is 44.8 Å². The monoisotopic (exact) mass is 680 g/mol. The SMILES string of the molecule is c1ccn2cc(-c3ccc(N(c4ccc(-c5ccc(-c6ccc7ccncc7c6)cc5)cc4)c4ccc(-c5cn6ccccc6n5)cc4)cc3)nc2c1. The van der Waals surface area contributed by atoms with Gasteiger partial charge in [0.05, 0.1) is 11.4 Å². The van der Waals surface area contributed by atoms with Crippen LogP contribution in [0.5, 0.6) is 0 Å². The van der Waals surface area contributed by atoms with Gasteiger partial charge in [-0.2, -0.15) is 0 Å². The van der Waals surface area contributed by atoms with E-state index in [1.807, 2.05) is 67.3 Å². The van der Waals surface area contributed by atoms with Crippen LogP contribution in [-0.2, 0) is 0 Å². The fraction of sp³-hybridized carbons (Fsp3) is 0. The summed E-state index contributed by atoms with van der Waals surface area (Å²) >= 11 is 0. The van der Waals surface area contributed by atoms with Crippen LogP contribution in [0.4, 0.5) is 17.1 Å². The van der Waals surface area contributed by atoms with Gasteiger partial charge in [-0.05, 0) is 100 Å². The largest absolute Gasteiger partial charge is 0.311 e. The number of aromatic nitrogens is 5. The normalized spacial score (nSPS) is 11.4. The van der Waals surface area contributed by atoms with Crippen LogP contribution in [0.15, 0.2) is 195 Å². The van der Waals surface area contributed by atoms with Crippen LogP contribution < -0.4 is 4.90 Å². The van der Waals surface area contributed by atoms with E-state index in [-0.39, 0.29) is 0 Å².